The number of amides is 1. The fourth-order valence-corrected chi connectivity index (χ4v) is 2.56. The lowest BCUT2D eigenvalue weighted by molar-refractivity contribution is -0.118. The highest BCUT2D eigenvalue weighted by molar-refractivity contribution is 5.94. The largest absolute Gasteiger partial charge is 0.456 e. The molecule has 0 atom stereocenters. The number of para-hydroxylation sites is 1. The molecule has 0 fully saturated rings. The zero-order valence-corrected chi connectivity index (χ0v) is 11.0. The molecule has 102 valence electrons. The van der Waals surface area contributed by atoms with E-state index in [2.05, 4.69) is 6.07 Å². The van der Waals surface area contributed by atoms with E-state index in [-0.39, 0.29) is 11.7 Å². The van der Waals surface area contributed by atoms with Gasteiger partial charge in [-0.3, -0.25) is 9.59 Å². The maximum absolute atomic E-state index is 12.3. The number of anilines is 1. The molecule has 4 heteroatoms. The molecule has 0 saturated heterocycles. The summed E-state index contributed by atoms with van der Waals surface area (Å²) in [5.74, 6) is 1.01. The highest BCUT2D eigenvalue weighted by Gasteiger charge is 2.22. The van der Waals surface area contributed by atoms with Gasteiger partial charge in [0.2, 0.25) is 5.91 Å². The summed E-state index contributed by atoms with van der Waals surface area (Å²) in [6.45, 7) is 0.365. The summed E-state index contributed by atoms with van der Waals surface area (Å²) in [5, 5.41) is 0. The molecule has 4 nitrogen and oxygen atoms in total. The molecule has 2 aromatic rings. The van der Waals surface area contributed by atoms with Crippen molar-refractivity contribution in [2.75, 3.05) is 4.90 Å². The Morgan fingerprint density at radius 3 is 2.80 bits per heavy atom. The van der Waals surface area contributed by atoms with Gasteiger partial charge in [0.25, 0.3) is 0 Å². The van der Waals surface area contributed by atoms with Crippen molar-refractivity contribution in [2.24, 2.45) is 0 Å². The van der Waals surface area contributed by atoms with Crippen LogP contribution in [0.5, 0.6) is 0 Å². The molecule has 0 radical (unpaired) electrons. The van der Waals surface area contributed by atoms with Crippen LogP contribution in [0.15, 0.2) is 40.8 Å². The Hall–Kier alpha value is -2.36. The summed E-state index contributed by atoms with van der Waals surface area (Å²) in [6, 6.07) is 11.3. The Labute approximate surface area is 117 Å². The summed E-state index contributed by atoms with van der Waals surface area (Å²) in [5.41, 5.74) is 2.12. The Kier molecular flexibility index (Phi) is 3.37. The van der Waals surface area contributed by atoms with Gasteiger partial charge in [0.15, 0.2) is 12.0 Å². The van der Waals surface area contributed by atoms with E-state index in [4.69, 9.17) is 4.42 Å². The lowest BCUT2D eigenvalue weighted by Gasteiger charge is -2.21. The van der Waals surface area contributed by atoms with E-state index in [1.165, 1.54) is 5.56 Å². The summed E-state index contributed by atoms with van der Waals surface area (Å²) < 4.78 is 5.38. The molecule has 1 aliphatic heterocycles. The minimum absolute atomic E-state index is 0.0963. The van der Waals surface area contributed by atoms with Gasteiger partial charge in [-0.2, -0.15) is 0 Å². The van der Waals surface area contributed by atoms with Crippen molar-refractivity contribution in [2.45, 2.75) is 25.8 Å². The molecule has 0 N–H and O–H groups in total. The maximum Gasteiger partial charge on any atom is 0.227 e. The van der Waals surface area contributed by atoms with Crippen LogP contribution in [0.4, 0.5) is 5.69 Å². The Morgan fingerprint density at radius 1 is 1.15 bits per heavy atom. The molecule has 3 rings (SSSR count). The third-order valence-corrected chi connectivity index (χ3v) is 3.53. The molecule has 0 aliphatic carbocycles. The first-order valence-electron chi connectivity index (χ1n) is 6.70. The summed E-state index contributed by atoms with van der Waals surface area (Å²) in [6.07, 6.45) is 2.98. The number of aryl methyl sites for hydroxylation is 1. The molecule has 2 heterocycles. The van der Waals surface area contributed by atoms with Crippen molar-refractivity contribution in [3.05, 3.63) is 53.5 Å². The Balaban J connectivity index is 1.93. The van der Waals surface area contributed by atoms with Gasteiger partial charge in [0.05, 0.1) is 6.54 Å². The van der Waals surface area contributed by atoms with E-state index in [1.807, 2.05) is 18.2 Å². The maximum atomic E-state index is 12.3. The van der Waals surface area contributed by atoms with Crippen molar-refractivity contribution in [3.8, 4) is 0 Å². The number of rotatable bonds is 3. The molecule has 20 heavy (non-hydrogen) atoms. The van der Waals surface area contributed by atoms with Crippen LogP contribution in [0.25, 0.3) is 0 Å². The van der Waals surface area contributed by atoms with E-state index in [0.717, 1.165) is 18.5 Å². The third-order valence-electron chi connectivity index (χ3n) is 3.53. The lowest BCUT2D eigenvalue weighted by Crippen LogP contribution is -2.29. The number of hydrogen-bond acceptors (Lipinski definition) is 3. The van der Waals surface area contributed by atoms with Crippen molar-refractivity contribution in [3.63, 3.8) is 0 Å². The number of aldehydes is 1. The zero-order chi connectivity index (χ0) is 13.9. The molecule has 1 amide bonds. The van der Waals surface area contributed by atoms with Gasteiger partial charge >= 0.3 is 0 Å². The molecular weight excluding hydrogens is 254 g/mol. The second-order valence-corrected chi connectivity index (χ2v) is 4.88. The van der Waals surface area contributed by atoms with Gasteiger partial charge in [0, 0.05) is 12.1 Å². The monoisotopic (exact) mass is 269 g/mol. The first kappa shape index (κ1) is 12.7. The molecule has 0 saturated carbocycles. The summed E-state index contributed by atoms with van der Waals surface area (Å²) in [7, 11) is 0. The van der Waals surface area contributed by atoms with Gasteiger partial charge in [-0.1, -0.05) is 18.2 Å². The number of carbonyl (C=O) groups excluding carboxylic acids is 2. The predicted octanol–water partition coefficient (Wildman–Crippen LogP) is 2.96. The fourth-order valence-electron chi connectivity index (χ4n) is 2.56. The van der Waals surface area contributed by atoms with Crippen LogP contribution >= 0.6 is 0 Å². The molecular formula is C16H15NO3. The van der Waals surface area contributed by atoms with Gasteiger partial charge in [0.1, 0.15) is 5.76 Å². The smallest absolute Gasteiger partial charge is 0.227 e. The van der Waals surface area contributed by atoms with Crippen molar-refractivity contribution >= 4 is 17.9 Å². The fraction of sp³-hybridized carbons (Fsp3) is 0.250. The average molecular weight is 269 g/mol. The number of benzene rings is 1. The molecule has 1 aromatic heterocycles. The van der Waals surface area contributed by atoms with Gasteiger partial charge in [-0.15, -0.1) is 0 Å². The van der Waals surface area contributed by atoms with E-state index in [9.17, 15) is 9.59 Å². The van der Waals surface area contributed by atoms with E-state index >= 15 is 0 Å². The molecule has 1 aliphatic rings. The molecule has 0 unspecified atom stereocenters. The Morgan fingerprint density at radius 2 is 2.00 bits per heavy atom. The average Bonchev–Trinajstić information content (AvgIpc) is 2.87. The third kappa shape index (κ3) is 2.37. The van der Waals surface area contributed by atoms with Crippen LogP contribution in [0.3, 0.4) is 0 Å². The topological polar surface area (TPSA) is 50.5 Å². The van der Waals surface area contributed by atoms with Crippen LogP contribution < -0.4 is 4.90 Å². The highest BCUT2D eigenvalue weighted by Crippen LogP contribution is 2.28. The molecule has 0 spiro atoms. The number of fused-ring (bicyclic) bond motifs is 1. The van der Waals surface area contributed by atoms with Crippen LogP contribution in [0, 0.1) is 0 Å². The number of hydrogen-bond donors (Lipinski definition) is 0. The Bertz CT molecular complexity index is 645. The second kappa shape index (κ2) is 5.33. The minimum Gasteiger partial charge on any atom is -0.456 e. The van der Waals surface area contributed by atoms with E-state index < -0.39 is 0 Å². The number of furan rings is 1. The van der Waals surface area contributed by atoms with Crippen LogP contribution in [-0.4, -0.2) is 12.2 Å². The zero-order valence-electron chi connectivity index (χ0n) is 11.0. The van der Waals surface area contributed by atoms with Crippen LogP contribution in [0.1, 0.15) is 34.7 Å². The summed E-state index contributed by atoms with van der Waals surface area (Å²) in [4.78, 5) is 24.7. The first-order valence-corrected chi connectivity index (χ1v) is 6.70. The quantitative estimate of drug-likeness (QED) is 0.805. The number of carbonyl (C=O) groups is 2. The van der Waals surface area contributed by atoms with Crippen molar-refractivity contribution in [1.29, 1.82) is 0 Å². The van der Waals surface area contributed by atoms with E-state index in [0.29, 0.717) is 25.0 Å². The van der Waals surface area contributed by atoms with Gasteiger partial charge in [-0.25, -0.2) is 0 Å². The van der Waals surface area contributed by atoms with Crippen LogP contribution in [-0.2, 0) is 17.8 Å². The normalized spacial score (nSPS) is 14.8. The van der Waals surface area contributed by atoms with Crippen molar-refractivity contribution in [1.82, 2.24) is 0 Å². The molecule has 1 aromatic carbocycles. The lowest BCUT2D eigenvalue weighted by atomic mass is 10.1. The SMILES string of the molecule is O=Cc1ccc(CN2C(=O)CCCc3ccccc32)o1. The van der Waals surface area contributed by atoms with E-state index in [1.54, 1.807) is 17.0 Å². The minimum atomic E-state index is 0.0963. The molecule has 0 bridgehead atoms. The van der Waals surface area contributed by atoms with Gasteiger partial charge < -0.3 is 9.32 Å². The second-order valence-electron chi connectivity index (χ2n) is 4.88. The highest BCUT2D eigenvalue weighted by atomic mass is 16.3. The van der Waals surface area contributed by atoms with Crippen molar-refractivity contribution < 1.29 is 14.0 Å². The van der Waals surface area contributed by atoms with Gasteiger partial charge in [-0.05, 0) is 36.6 Å². The first-order chi connectivity index (χ1) is 9.78. The summed E-state index contributed by atoms with van der Waals surface area (Å²) >= 11 is 0. The standard InChI is InChI=1S/C16H15NO3/c18-11-14-9-8-13(20-14)10-17-15-6-2-1-4-12(15)5-3-7-16(17)19/h1-2,4,6,8-9,11H,3,5,7,10H2. The van der Waals surface area contributed by atoms with Crippen LogP contribution in [0.2, 0.25) is 0 Å². The predicted molar refractivity (Wildman–Crippen MR) is 74.7 cm³/mol. The number of nitrogens with zero attached hydrogens (tertiary/aromatic N) is 1.